The number of hydrogen-bond donors (Lipinski definition) is 1. The van der Waals surface area contributed by atoms with Crippen molar-refractivity contribution in [2.45, 2.75) is 12.3 Å². The van der Waals surface area contributed by atoms with E-state index in [1.54, 1.807) is 18.1 Å². The summed E-state index contributed by atoms with van der Waals surface area (Å²) in [6.45, 7) is 1.98. The molecule has 0 aromatic heterocycles. The van der Waals surface area contributed by atoms with Gasteiger partial charge in [-0.2, -0.15) is 0 Å². The zero-order valence-corrected chi connectivity index (χ0v) is 18.8. The standard InChI is InChI=1S/C26H24N2O3S/c1-18-12-14-23(31-2)22(16-18)28-25(30)17-32-26(28)20-10-6-7-11-21(20)27-24(29)15-13-19-8-4-3-5-9-19/h3-16,26H,17H2,1-2H3,(H,27,29)/b15-13+. The average Bonchev–Trinajstić information content (AvgIpc) is 3.19. The van der Waals surface area contributed by atoms with E-state index in [1.807, 2.05) is 79.7 Å². The van der Waals surface area contributed by atoms with Crippen molar-refractivity contribution >= 4 is 41.0 Å². The minimum absolute atomic E-state index is 0.00834. The van der Waals surface area contributed by atoms with Crippen LogP contribution in [0, 0.1) is 6.92 Å². The average molecular weight is 445 g/mol. The maximum absolute atomic E-state index is 12.9. The monoisotopic (exact) mass is 444 g/mol. The first-order valence-corrected chi connectivity index (χ1v) is 11.3. The van der Waals surface area contributed by atoms with E-state index >= 15 is 0 Å². The minimum Gasteiger partial charge on any atom is -0.495 e. The minimum atomic E-state index is -0.271. The molecule has 1 aliphatic rings. The molecule has 2 amide bonds. The van der Waals surface area contributed by atoms with Gasteiger partial charge >= 0.3 is 0 Å². The van der Waals surface area contributed by atoms with Gasteiger partial charge in [0.2, 0.25) is 11.8 Å². The number of ether oxygens (including phenoxy) is 1. The quantitative estimate of drug-likeness (QED) is 0.515. The van der Waals surface area contributed by atoms with Crippen molar-refractivity contribution < 1.29 is 14.3 Å². The van der Waals surface area contributed by atoms with E-state index in [4.69, 9.17) is 4.74 Å². The fourth-order valence-corrected chi connectivity index (χ4v) is 4.84. The first kappa shape index (κ1) is 21.7. The molecule has 0 bridgehead atoms. The number of amides is 2. The summed E-state index contributed by atoms with van der Waals surface area (Å²) in [4.78, 5) is 27.3. The van der Waals surface area contributed by atoms with E-state index in [2.05, 4.69) is 5.32 Å². The van der Waals surface area contributed by atoms with Gasteiger partial charge in [-0.15, -0.1) is 11.8 Å². The smallest absolute Gasteiger partial charge is 0.248 e. The van der Waals surface area contributed by atoms with Crippen LogP contribution in [0.1, 0.15) is 22.1 Å². The third kappa shape index (κ3) is 4.70. The summed E-state index contributed by atoms with van der Waals surface area (Å²) in [6, 6.07) is 23.0. The number of benzene rings is 3. The number of anilines is 2. The molecule has 1 saturated heterocycles. The molecular weight excluding hydrogens is 420 g/mol. The van der Waals surface area contributed by atoms with Gasteiger partial charge in [0.05, 0.1) is 18.6 Å². The molecule has 1 atom stereocenters. The molecule has 6 heteroatoms. The number of rotatable bonds is 6. The number of carbonyl (C=O) groups is 2. The van der Waals surface area contributed by atoms with Crippen molar-refractivity contribution in [2.24, 2.45) is 0 Å². The number of methoxy groups -OCH3 is 1. The van der Waals surface area contributed by atoms with E-state index < -0.39 is 0 Å². The number of thioether (sulfide) groups is 1. The van der Waals surface area contributed by atoms with Crippen molar-refractivity contribution in [3.05, 3.63) is 95.6 Å². The Morgan fingerprint density at radius 1 is 1.09 bits per heavy atom. The van der Waals surface area contributed by atoms with E-state index in [1.165, 1.54) is 17.8 Å². The van der Waals surface area contributed by atoms with E-state index in [0.717, 1.165) is 22.4 Å². The van der Waals surface area contributed by atoms with Crippen LogP contribution in [-0.2, 0) is 9.59 Å². The van der Waals surface area contributed by atoms with Crippen LogP contribution in [0.25, 0.3) is 6.08 Å². The summed E-state index contributed by atoms with van der Waals surface area (Å²) in [5.41, 5.74) is 4.27. The summed E-state index contributed by atoms with van der Waals surface area (Å²) in [7, 11) is 1.60. The summed E-state index contributed by atoms with van der Waals surface area (Å²) in [6.07, 6.45) is 3.29. The van der Waals surface area contributed by atoms with Gasteiger partial charge in [-0.3, -0.25) is 14.5 Å². The molecule has 3 aromatic rings. The molecular formula is C26H24N2O3S. The summed E-state index contributed by atoms with van der Waals surface area (Å²) in [5, 5.41) is 2.71. The van der Waals surface area contributed by atoms with Crippen LogP contribution < -0.4 is 15.0 Å². The van der Waals surface area contributed by atoms with E-state index in [9.17, 15) is 9.59 Å². The van der Waals surface area contributed by atoms with Crippen LogP contribution in [-0.4, -0.2) is 24.7 Å². The van der Waals surface area contributed by atoms with Gasteiger partial charge in [0.15, 0.2) is 0 Å². The maximum atomic E-state index is 12.9. The van der Waals surface area contributed by atoms with Gasteiger partial charge in [0.1, 0.15) is 11.1 Å². The fourth-order valence-electron chi connectivity index (χ4n) is 3.64. The van der Waals surface area contributed by atoms with E-state index in [-0.39, 0.29) is 17.2 Å². The van der Waals surface area contributed by atoms with Crippen molar-refractivity contribution in [1.82, 2.24) is 0 Å². The topological polar surface area (TPSA) is 58.6 Å². The zero-order valence-electron chi connectivity index (χ0n) is 17.9. The number of para-hydroxylation sites is 1. The third-order valence-corrected chi connectivity index (χ3v) is 6.37. The van der Waals surface area contributed by atoms with Crippen LogP contribution in [0.5, 0.6) is 5.75 Å². The third-order valence-electron chi connectivity index (χ3n) is 5.17. The second kappa shape index (κ2) is 9.75. The maximum Gasteiger partial charge on any atom is 0.248 e. The van der Waals surface area contributed by atoms with Crippen molar-refractivity contribution in [3.8, 4) is 5.75 Å². The Morgan fingerprint density at radius 2 is 1.84 bits per heavy atom. The Morgan fingerprint density at radius 3 is 2.62 bits per heavy atom. The van der Waals surface area contributed by atoms with Crippen LogP contribution in [0.4, 0.5) is 11.4 Å². The molecule has 4 rings (SSSR count). The summed E-state index contributed by atoms with van der Waals surface area (Å²) in [5.74, 6) is 0.783. The molecule has 1 unspecified atom stereocenters. The molecule has 1 aliphatic heterocycles. The number of hydrogen-bond acceptors (Lipinski definition) is 4. The zero-order chi connectivity index (χ0) is 22.5. The fraction of sp³-hybridized carbons (Fsp3) is 0.154. The number of carbonyl (C=O) groups excluding carboxylic acids is 2. The highest BCUT2D eigenvalue weighted by Crippen LogP contribution is 2.46. The number of aryl methyl sites for hydroxylation is 1. The number of nitrogens with zero attached hydrogens (tertiary/aromatic N) is 1. The molecule has 1 fully saturated rings. The van der Waals surface area contributed by atoms with Gasteiger partial charge in [-0.05, 0) is 42.3 Å². The van der Waals surface area contributed by atoms with Crippen LogP contribution >= 0.6 is 11.8 Å². The highest BCUT2D eigenvalue weighted by atomic mass is 32.2. The SMILES string of the molecule is COc1ccc(C)cc1N1C(=O)CSC1c1ccccc1NC(=O)/C=C/c1ccccc1. The lowest BCUT2D eigenvalue weighted by Gasteiger charge is -2.27. The lowest BCUT2D eigenvalue weighted by Crippen LogP contribution is -2.29. The first-order chi connectivity index (χ1) is 15.6. The lowest BCUT2D eigenvalue weighted by molar-refractivity contribution is -0.116. The molecule has 0 saturated carbocycles. The molecule has 1 N–H and O–H groups in total. The predicted molar refractivity (Wildman–Crippen MR) is 131 cm³/mol. The molecule has 0 radical (unpaired) electrons. The predicted octanol–water partition coefficient (Wildman–Crippen LogP) is 5.43. The van der Waals surface area contributed by atoms with Gasteiger partial charge < -0.3 is 10.1 Å². The van der Waals surface area contributed by atoms with Gasteiger partial charge in [0.25, 0.3) is 0 Å². The Kier molecular flexibility index (Phi) is 6.61. The molecule has 5 nitrogen and oxygen atoms in total. The highest BCUT2D eigenvalue weighted by Gasteiger charge is 2.37. The largest absolute Gasteiger partial charge is 0.495 e. The summed E-state index contributed by atoms with van der Waals surface area (Å²) >= 11 is 1.53. The Hall–Kier alpha value is -3.51. The molecule has 1 heterocycles. The lowest BCUT2D eigenvalue weighted by atomic mass is 10.1. The van der Waals surface area contributed by atoms with Gasteiger partial charge in [-0.1, -0.05) is 54.6 Å². The van der Waals surface area contributed by atoms with Gasteiger partial charge in [0, 0.05) is 17.3 Å². The second-order valence-corrected chi connectivity index (χ2v) is 8.49. The summed E-state index contributed by atoms with van der Waals surface area (Å²) < 4.78 is 5.53. The van der Waals surface area contributed by atoms with Gasteiger partial charge in [-0.25, -0.2) is 0 Å². The van der Waals surface area contributed by atoms with Crippen LogP contribution in [0.15, 0.2) is 78.9 Å². The van der Waals surface area contributed by atoms with Crippen molar-refractivity contribution in [1.29, 1.82) is 0 Å². The first-order valence-electron chi connectivity index (χ1n) is 10.3. The van der Waals surface area contributed by atoms with Crippen LogP contribution in [0.3, 0.4) is 0 Å². The number of nitrogens with one attached hydrogen (secondary N) is 1. The molecule has 3 aromatic carbocycles. The highest BCUT2D eigenvalue weighted by molar-refractivity contribution is 8.00. The normalized spacial score (nSPS) is 15.9. The molecule has 162 valence electrons. The van der Waals surface area contributed by atoms with Crippen molar-refractivity contribution in [2.75, 3.05) is 23.1 Å². The second-order valence-electron chi connectivity index (χ2n) is 7.42. The molecule has 32 heavy (non-hydrogen) atoms. The Balaban J connectivity index is 1.63. The van der Waals surface area contributed by atoms with E-state index in [0.29, 0.717) is 17.2 Å². The van der Waals surface area contributed by atoms with Crippen LogP contribution in [0.2, 0.25) is 0 Å². The Bertz CT molecular complexity index is 1160. The molecule has 0 aliphatic carbocycles. The Labute approximate surface area is 192 Å². The van der Waals surface area contributed by atoms with Crippen molar-refractivity contribution in [3.63, 3.8) is 0 Å². The molecule has 0 spiro atoms.